The summed E-state index contributed by atoms with van der Waals surface area (Å²) in [6.07, 6.45) is 3.80. The van der Waals surface area contributed by atoms with Gasteiger partial charge in [0.1, 0.15) is 5.82 Å². The van der Waals surface area contributed by atoms with Crippen LogP contribution in [0.15, 0.2) is 12.1 Å². The van der Waals surface area contributed by atoms with Crippen molar-refractivity contribution in [3.63, 3.8) is 0 Å². The molecule has 1 aromatic carbocycles. The molecular formula is C14H18F2O. The summed E-state index contributed by atoms with van der Waals surface area (Å²) in [6, 6.07) is 2.27. The van der Waals surface area contributed by atoms with Crippen molar-refractivity contribution < 1.29 is 13.5 Å². The molecule has 2 rings (SSSR count). The normalized spacial score (nSPS) is 16.9. The van der Waals surface area contributed by atoms with E-state index in [-0.39, 0.29) is 11.9 Å². The first-order valence-corrected chi connectivity index (χ1v) is 6.26. The molecule has 1 aromatic rings. The summed E-state index contributed by atoms with van der Waals surface area (Å²) in [4.78, 5) is 0. The molecule has 1 unspecified atom stereocenters. The second-order valence-corrected chi connectivity index (χ2v) is 4.79. The SMILES string of the molecule is CCCc1cc(F)cc(F)c1OC(C)C1CC1. The van der Waals surface area contributed by atoms with Crippen LogP contribution in [-0.4, -0.2) is 6.10 Å². The van der Waals surface area contributed by atoms with Gasteiger partial charge < -0.3 is 4.74 Å². The molecule has 0 radical (unpaired) electrons. The first-order chi connectivity index (χ1) is 8.11. The van der Waals surface area contributed by atoms with E-state index >= 15 is 0 Å². The fraction of sp³-hybridized carbons (Fsp3) is 0.571. The lowest BCUT2D eigenvalue weighted by atomic mass is 10.1. The Hall–Kier alpha value is -1.12. The minimum atomic E-state index is -0.582. The molecule has 0 saturated heterocycles. The number of hydrogen-bond acceptors (Lipinski definition) is 1. The predicted molar refractivity (Wildman–Crippen MR) is 63.2 cm³/mol. The minimum Gasteiger partial charge on any atom is -0.487 e. The highest BCUT2D eigenvalue weighted by molar-refractivity contribution is 5.36. The van der Waals surface area contributed by atoms with Gasteiger partial charge in [-0.15, -0.1) is 0 Å². The van der Waals surface area contributed by atoms with Crippen molar-refractivity contribution in [1.82, 2.24) is 0 Å². The number of benzene rings is 1. The Morgan fingerprint density at radius 3 is 2.65 bits per heavy atom. The third kappa shape index (κ3) is 2.96. The highest BCUT2D eigenvalue weighted by Gasteiger charge is 2.30. The van der Waals surface area contributed by atoms with Gasteiger partial charge in [-0.05, 0) is 38.2 Å². The number of aryl methyl sites for hydroxylation is 1. The number of hydrogen-bond donors (Lipinski definition) is 0. The topological polar surface area (TPSA) is 9.23 Å². The molecule has 0 aliphatic heterocycles. The second-order valence-electron chi connectivity index (χ2n) is 4.79. The Kier molecular flexibility index (Phi) is 3.65. The molecule has 0 aromatic heterocycles. The van der Waals surface area contributed by atoms with Crippen molar-refractivity contribution >= 4 is 0 Å². The van der Waals surface area contributed by atoms with Crippen LogP contribution in [0.4, 0.5) is 8.78 Å². The summed E-state index contributed by atoms with van der Waals surface area (Å²) in [6.45, 7) is 3.94. The molecule has 17 heavy (non-hydrogen) atoms. The Morgan fingerprint density at radius 1 is 1.35 bits per heavy atom. The first-order valence-electron chi connectivity index (χ1n) is 6.26. The van der Waals surface area contributed by atoms with Crippen LogP contribution >= 0.6 is 0 Å². The molecular weight excluding hydrogens is 222 g/mol. The third-order valence-corrected chi connectivity index (χ3v) is 3.19. The second kappa shape index (κ2) is 5.03. The summed E-state index contributed by atoms with van der Waals surface area (Å²) in [5.41, 5.74) is 0.637. The van der Waals surface area contributed by atoms with Crippen LogP contribution in [0.1, 0.15) is 38.7 Å². The summed E-state index contributed by atoms with van der Waals surface area (Å²) in [7, 11) is 0. The zero-order chi connectivity index (χ0) is 12.4. The molecule has 0 amide bonds. The van der Waals surface area contributed by atoms with E-state index in [0.717, 1.165) is 25.3 Å². The third-order valence-electron chi connectivity index (χ3n) is 3.19. The molecule has 1 saturated carbocycles. The summed E-state index contributed by atoms with van der Waals surface area (Å²) < 4.78 is 32.5. The van der Waals surface area contributed by atoms with Gasteiger partial charge in [-0.25, -0.2) is 8.78 Å². The lowest BCUT2D eigenvalue weighted by molar-refractivity contribution is 0.187. The molecule has 3 heteroatoms. The van der Waals surface area contributed by atoms with Gasteiger partial charge in [-0.1, -0.05) is 13.3 Å². The van der Waals surface area contributed by atoms with Crippen LogP contribution in [0, 0.1) is 17.6 Å². The van der Waals surface area contributed by atoms with Gasteiger partial charge in [0.25, 0.3) is 0 Å². The maximum absolute atomic E-state index is 13.7. The summed E-state index contributed by atoms with van der Waals surface area (Å²) >= 11 is 0. The van der Waals surface area contributed by atoms with Gasteiger partial charge >= 0.3 is 0 Å². The van der Waals surface area contributed by atoms with Gasteiger partial charge in [-0.3, -0.25) is 0 Å². The Bertz CT molecular complexity index is 399. The Balaban J connectivity index is 2.22. The quantitative estimate of drug-likeness (QED) is 0.753. The molecule has 0 heterocycles. The average molecular weight is 240 g/mol. The van der Waals surface area contributed by atoms with E-state index in [2.05, 4.69) is 0 Å². The van der Waals surface area contributed by atoms with E-state index in [1.165, 1.54) is 6.07 Å². The van der Waals surface area contributed by atoms with Crippen LogP contribution in [0.25, 0.3) is 0 Å². The molecule has 0 N–H and O–H groups in total. The fourth-order valence-corrected chi connectivity index (χ4v) is 2.05. The molecule has 1 fully saturated rings. The van der Waals surface area contributed by atoms with Crippen molar-refractivity contribution in [3.05, 3.63) is 29.3 Å². The lowest BCUT2D eigenvalue weighted by Crippen LogP contribution is -2.16. The maximum atomic E-state index is 13.7. The average Bonchev–Trinajstić information content (AvgIpc) is 3.06. The van der Waals surface area contributed by atoms with Gasteiger partial charge in [0.2, 0.25) is 0 Å². The molecule has 0 spiro atoms. The first kappa shape index (κ1) is 12.3. The number of rotatable bonds is 5. The molecule has 94 valence electrons. The molecule has 1 aliphatic carbocycles. The molecule has 1 aliphatic rings. The van der Waals surface area contributed by atoms with E-state index in [4.69, 9.17) is 4.74 Å². The fourth-order valence-electron chi connectivity index (χ4n) is 2.05. The van der Waals surface area contributed by atoms with E-state index in [9.17, 15) is 8.78 Å². The maximum Gasteiger partial charge on any atom is 0.168 e. The van der Waals surface area contributed by atoms with E-state index in [1.807, 2.05) is 13.8 Å². The largest absolute Gasteiger partial charge is 0.487 e. The highest BCUT2D eigenvalue weighted by atomic mass is 19.1. The standard InChI is InChI=1S/C14H18F2O/c1-3-4-11-7-12(15)8-13(16)14(11)17-9(2)10-5-6-10/h7-10H,3-6H2,1-2H3. The zero-order valence-electron chi connectivity index (χ0n) is 10.3. The summed E-state index contributed by atoms with van der Waals surface area (Å²) in [5, 5.41) is 0. The molecule has 1 atom stereocenters. The van der Waals surface area contributed by atoms with Crippen molar-refractivity contribution in [3.8, 4) is 5.75 Å². The van der Waals surface area contributed by atoms with E-state index in [1.54, 1.807) is 0 Å². The Labute approximate surface area is 101 Å². The molecule has 1 nitrogen and oxygen atoms in total. The van der Waals surface area contributed by atoms with Crippen molar-refractivity contribution in [2.45, 2.75) is 45.6 Å². The predicted octanol–water partition coefficient (Wildman–Crippen LogP) is 4.09. The monoisotopic (exact) mass is 240 g/mol. The lowest BCUT2D eigenvalue weighted by Gasteiger charge is -2.17. The van der Waals surface area contributed by atoms with Gasteiger partial charge in [0.05, 0.1) is 6.10 Å². The van der Waals surface area contributed by atoms with Crippen molar-refractivity contribution in [2.75, 3.05) is 0 Å². The minimum absolute atomic E-state index is 0.0190. The number of ether oxygens (including phenoxy) is 1. The van der Waals surface area contributed by atoms with Crippen LogP contribution in [-0.2, 0) is 6.42 Å². The van der Waals surface area contributed by atoms with Crippen LogP contribution in [0.2, 0.25) is 0 Å². The van der Waals surface area contributed by atoms with Crippen LogP contribution in [0.5, 0.6) is 5.75 Å². The van der Waals surface area contributed by atoms with Crippen molar-refractivity contribution in [2.24, 2.45) is 5.92 Å². The van der Waals surface area contributed by atoms with Crippen LogP contribution < -0.4 is 4.74 Å². The van der Waals surface area contributed by atoms with E-state index < -0.39 is 11.6 Å². The smallest absolute Gasteiger partial charge is 0.168 e. The van der Waals surface area contributed by atoms with Crippen molar-refractivity contribution in [1.29, 1.82) is 0 Å². The summed E-state index contributed by atoms with van der Waals surface area (Å²) in [5.74, 6) is -0.333. The number of halogens is 2. The van der Waals surface area contributed by atoms with Gasteiger partial charge in [-0.2, -0.15) is 0 Å². The van der Waals surface area contributed by atoms with Gasteiger partial charge in [0, 0.05) is 11.6 Å². The van der Waals surface area contributed by atoms with E-state index in [0.29, 0.717) is 17.9 Å². The molecule has 0 bridgehead atoms. The highest BCUT2D eigenvalue weighted by Crippen LogP contribution is 2.36. The van der Waals surface area contributed by atoms with Gasteiger partial charge in [0.15, 0.2) is 11.6 Å². The zero-order valence-corrected chi connectivity index (χ0v) is 10.3. The Morgan fingerprint density at radius 2 is 2.06 bits per heavy atom. The van der Waals surface area contributed by atoms with Crippen LogP contribution in [0.3, 0.4) is 0 Å².